The average Bonchev–Trinajstić information content (AvgIpc) is 2.85. The number of hydrogen-bond donors (Lipinski definition) is 1. The maximum absolute atomic E-state index is 14.0. The predicted molar refractivity (Wildman–Crippen MR) is 169 cm³/mol. The summed E-state index contributed by atoms with van der Waals surface area (Å²) < 4.78 is 7.54. The Balaban J connectivity index is 1.64. The van der Waals surface area contributed by atoms with Gasteiger partial charge in [0, 0.05) is 52.9 Å². The van der Waals surface area contributed by atoms with Crippen LogP contribution in [0, 0.1) is 10.8 Å². The van der Waals surface area contributed by atoms with Gasteiger partial charge < -0.3 is 14.7 Å². The molecular formula is C33H34Br2ClNO5. The Kier molecular flexibility index (Phi) is 8.56. The van der Waals surface area contributed by atoms with Crippen LogP contribution < -0.4 is 4.74 Å². The van der Waals surface area contributed by atoms with Crippen molar-refractivity contribution in [2.75, 3.05) is 6.54 Å². The van der Waals surface area contributed by atoms with Crippen LogP contribution in [0.4, 0.5) is 0 Å². The van der Waals surface area contributed by atoms with Crippen LogP contribution in [-0.2, 0) is 21.0 Å². The van der Waals surface area contributed by atoms with Crippen molar-refractivity contribution >= 4 is 61.0 Å². The number of carboxylic acid groups (broad SMARTS) is 1. The van der Waals surface area contributed by atoms with Crippen LogP contribution in [0.1, 0.15) is 76.8 Å². The second-order valence-corrected chi connectivity index (χ2v) is 15.2. The Bertz CT molecular complexity index is 1480. The Morgan fingerprint density at radius 1 is 0.952 bits per heavy atom. The number of allylic oxidation sites excluding steroid dienone is 4. The molecule has 6 nitrogen and oxygen atoms in total. The van der Waals surface area contributed by atoms with Crippen LogP contribution in [0.5, 0.6) is 5.75 Å². The summed E-state index contributed by atoms with van der Waals surface area (Å²) in [6.45, 7) is 8.80. The minimum Gasteiger partial charge on any atom is -0.487 e. The first kappa shape index (κ1) is 31.0. The predicted octanol–water partition coefficient (Wildman–Crippen LogP) is 8.60. The van der Waals surface area contributed by atoms with Crippen molar-refractivity contribution in [3.63, 3.8) is 0 Å². The van der Waals surface area contributed by atoms with Gasteiger partial charge in [0.05, 0.1) is 15.4 Å². The largest absolute Gasteiger partial charge is 0.487 e. The number of aliphatic carboxylic acids is 1. The first-order valence-electron chi connectivity index (χ1n) is 14.0. The van der Waals surface area contributed by atoms with E-state index in [1.807, 2.05) is 41.3 Å². The number of ether oxygens (including phenoxy) is 1. The molecule has 1 N–H and O–H groups in total. The third-order valence-corrected chi connectivity index (χ3v) is 9.61. The highest BCUT2D eigenvalue weighted by molar-refractivity contribution is 9.11. The van der Waals surface area contributed by atoms with Crippen LogP contribution >= 0.6 is 43.5 Å². The highest BCUT2D eigenvalue weighted by Gasteiger charge is 2.49. The number of halogens is 3. The highest BCUT2D eigenvalue weighted by atomic mass is 79.9. The van der Waals surface area contributed by atoms with E-state index in [-0.39, 0.29) is 35.4 Å². The summed E-state index contributed by atoms with van der Waals surface area (Å²) in [5.41, 5.74) is 4.08. The van der Waals surface area contributed by atoms with Gasteiger partial charge in [-0.05, 0) is 90.9 Å². The van der Waals surface area contributed by atoms with Gasteiger partial charge in [0.25, 0.3) is 0 Å². The summed E-state index contributed by atoms with van der Waals surface area (Å²) in [4.78, 5) is 41.6. The van der Waals surface area contributed by atoms with Crippen molar-refractivity contribution in [2.24, 2.45) is 10.8 Å². The molecule has 0 spiro atoms. The van der Waals surface area contributed by atoms with E-state index < -0.39 is 11.9 Å². The molecule has 1 aliphatic heterocycles. The quantitative estimate of drug-likeness (QED) is 0.309. The third-order valence-electron chi connectivity index (χ3n) is 8.20. The maximum atomic E-state index is 14.0. The average molecular weight is 720 g/mol. The minimum atomic E-state index is -0.912. The molecule has 3 aliphatic rings. The maximum Gasteiger partial charge on any atom is 0.305 e. The van der Waals surface area contributed by atoms with E-state index in [2.05, 4.69) is 59.6 Å². The zero-order chi connectivity index (χ0) is 30.6. The third kappa shape index (κ3) is 6.27. The van der Waals surface area contributed by atoms with E-state index >= 15 is 0 Å². The molecule has 0 atom stereocenters. The van der Waals surface area contributed by atoms with Gasteiger partial charge in [-0.1, -0.05) is 51.4 Å². The number of nitrogens with zero attached hydrogens (tertiary/aromatic N) is 1. The number of benzene rings is 2. The smallest absolute Gasteiger partial charge is 0.305 e. The molecule has 42 heavy (non-hydrogen) atoms. The molecule has 1 heterocycles. The van der Waals surface area contributed by atoms with Gasteiger partial charge >= 0.3 is 5.97 Å². The molecule has 0 unspecified atom stereocenters. The molecule has 2 aromatic carbocycles. The van der Waals surface area contributed by atoms with Crippen molar-refractivity contribution in [1.29, 1.82) is 0 Å². The lowest BCUT2D eigenvalue weighted by Gasteiger charge is -2.49. The van der Waals surface area contributed by atoms with Crippen LogP contribution in [0.2, 0.25) is 5.02 Å². The number of hydrogen-bond acceptors (Lipinski definition) is 5. The van der Waals surface area contributed by atoms with Gasteiger partial charge in [0.2, 0.25) is 0 Å². The number of carboxylic acids is 1. The van der Waals surface area contributed by atoms with Gasteiger partial charge in [0.15, 0.2) is 11.6 Å². The fourth-order valence-electron chi connectivity index (χ4n) is 6.52. The summed E-state index contributed by atoms with van der Waals surface area (Å²) in [6, 6.07) is 11.3. The Morgan fingerprint density at radius 3 is 2.00 bits per heavy atom. The SMILES string of the molecule is CC1(C)CC(=O)C2=C(C1)N(CCC(=O)O)C1=C(C(=O)CC(C)(C)C1)C2c1cc(Br)c(OCc2cccc(Cl)c2)c(Br)c1. The zero-order valence-electron chi connectivity index (χ0n) is 24.2. The fraction of sp³-hybridized carbons (Fsp3) is 0.424. The summed E-state index contributed by atoms with van der Waals surface area (Å²) in [7, 11) is 0. The topological polar surface area (TPSA) is 83.9 Å². The van der Waals surface area contributed by atoms with E-state index in [4.69, 9.17) is 16.3 Å². The molecule has 2 aromatic rings. The van der Waals surface area contributed by atoms with Crippen molar-refractivity contribution < 1.29 is 24.2 Å². The van der Waals surface area contributed by atoms with Crippen molar-refractivity contribution in [2.45, 2.75) is 72.3 Å². The van der Waals surface area contributed by atoms with Gasteiger partial charge in [-0.25, -0.2) is 0 Å². The van der Waals surface area contributed by atoms with Crippen LogP contribution in [-0.4, -0.2) is 34.1 Å². The summed E-state index contributed by atoms with van der Waals surface area (Å²) in [6.07, 6.45) is 1.88. The van der Waals surface area contributed by atoms with E-state index in [1.54, 1.807) is 0 Å². The lowest BCUT2D eigenvalue weighted by Crippen LogP contribution is -2.45. The van der Waals surface area contributed by atoms with Crippen molar-refractivity contribution in [1.82, 2.24) is 4.90 Å². The summed E-state index contributed by atoms with van der Waals surface area (Å²) in [5, 5.41) is 10.2. The zero-order valence-corrected chi connectivity index (χ0v) is 28.1. The molecule has 0 fully saturated rings. The fourth-order valence-corrected chi connectivity index (χ4v) is 8.19. The molecule has 0 saturated carbocycles. The molecule has 0 saturated heterocycles. The van der Waals surface area contributed by atoms with E-state index in [9.17, 15) is 19.5 Å². The van der Waals surface area contributed by atoms with Crippen molar-refractivity contribution in [3.05, 3.63) is 84.0 Å². The lowest BCUT2D eigenvalue weighted by molar-refractivity contribution is -0.137. The van der Waals surface area contributed by atoms with Crippen LogP contribution in [0.3, 0.4) is 0 Å². The molecule has 0 amide bonds. The number of carbonyl (C=O) groups excluding carboxylic acids is 2. The Morgan fingerprint density at radius 2 is 1.50 bits per heavy atom. The summed E-state index contributed by atoms with van der Waals surface area (Å²) >= 11 is 13.5. The number of rotatable bonds is 7. The molecule has 5 rings (SSSR count). The molecule has 0 radical (unpaired) electrons. The molecule has 0 bridgehead atoms. The highest BCUT2D eigenvalue weighted by Crippen LogP contribution is 2.55. The lowest BCUT2D eigenvalue weighted by atomic mass is 9.63. The number of Topliss-reactive ketones (excluding diaryl/α,β-unsaturated/α-hetero) is 2. The molecule has 0 aromatic heterocycles. The second-order valence-electron chi connectivity index (χ2n) is 13.1. The molecule has 2 aliphatic carbocycles. The molecule has 9 heteroatoms. The van der Waals surface area contributed by atoms with Crippen molar-refractivity contribution in [3.8, 4) is 5.75 Å². The normalized spacial score (nSPS) is 20.0. The van der Waals surface area contributed by atoms with Gasteiger partial charge in [-0.2, -0.15) is 0 Å². The Labute approximate surface area is 268 Å². The van der Waals surface area contributed by atoms with Gasteiger partial charge in [-0.15, -0.1) is 0 Å². The van der Waals surface area contributed by atoms with E-state index in [0.717, 1.165) is 22.5 Å². The number of carbonyl (C=O) groups is 3. The molecular weight excluding hydrogens is 686 g/mol. The Hall–Kier alpha value is -2.42. The van der Waals surface area contributed by atoms with Gasteiger partial charge in [-0.3, -0.25) is 14.4 Å². The van der Waals surface area contributed by atoms with E-state index in [1.165, 1.54) is 0 Å². The first-order chi connectivity index (χ1) is 19.7. The van der Waals surface area contributed by atoms with Crippen LogP contribution in [0.15, 0.2) is 67.9 Å². The van der Waals surface area contributed by atoms with Gasteiger partial charge in [0.1, 0.15) is 12.4 Å². The molecule has 222 valence electrons. The standard InChI is InChI=1S/C33H34Br2ClNO5/c1-32(2)13-23-29(25(38)15-32)28(30-24(37(23)9-8-27(40)41)14-33(3,4)16-26(30)39)19-11-21(34)31(22(35)12-19)42-17-18-6-5-7-20(36)10-18/h5-7,10-12,28H,8-9,13-17H2,1-4H3,(H,40,41). The van der Waals surface area contributed by atoms with Crippen LogP contribution in [0.25, 0.3) is 0 Å². The monoisotopic (exact) mass is 717 g/mol. The minimum absolute atomic E-state index is 0.00397. The number of ketones is 2. The summed E-state index contributed by atoms with van der Waals surface area (Å²) in [5.74, 6) is -0.842. The first-order valence-corrected chi connectivity index (χ1v) is 16.0. The van der Waals surface area contributed by atoms with E-state index in [0.29, 0.717) is 63.2 Å². The second kappa shape index (κ2) is 11.6.